The molecule has 3 rings (SSSR count). The van der Waals surface area contributed by atoms with Gasteiger partial charge in [0.25, 0.3) is 5.91 Å². The lowest BCUT2D eigenvalue weighted by Gasteiger charge is -2.34. The van der Waals surface area contributed by atoms with Crippen LogP contribution in [0, 0.1) is 0 Å². The maximum Gasteiger partial charge on any atom is 0.255 e. The van der Waals surface area contributed by atoms with Gasteiger partial charge in [-0.2, -0.15) is 4.31 Å². The maximum absolute atomic E-state index is 13.1. The largest absolute Gasteiger partial charge is 0.506 e. The molecule has 0 aliphatic carbocycles. The molecule has 2 aromatic carbocycles. The van der Waals surface area contributed by atoms with Crippen molar-refractivity contribution in [3.05, 3.63) is 53.1 Å². The number of nitrogens with one attached hydrogen (secondary N) is 1. The number of sulfonamides is 1. The van der Waals surface area contributed by atoms with E-state index in [0.29, 0.717) is 0 Å². The summed E-state index contributed by atoms with van der Waals surface area (Å²) in [6.07, 6.45) is -0.491. The Labute approximate surface area is 168 Å². The van der Waals surface area contributed by atoms with Crippen molar-refractivity contribution in [3.63, 3.8) is 0 Å². The summed E-state index contributed by atoms with van der Waals surface area (Å²) in [6, 6.07) is 10.3. The van der Waals surface area contributed by atoms with Gasteiger partial charge in [-0.3, -0.25) is 4.79 Å². The highest BCUT2D eigenvalue weighted by Gasteiger charge is 2.33. The van der Waals surface area contributed by atoms with Gasteiger partial charge in [0.05, 0.1) is 22.9 Å². The van der Waals surface area contributed by atoms with Gasteiger partial charge in [-0.05, 0) is 44.2 Å². The van der Waals surface area contributed by atoms with Crippen molar-refractivity contribution < 1.29 is 23.1 Å². The molecule has 1 aliphatic heterocycles. The Morgan fingerprint density at radius 3 is 2.46 bits per heavy atom. The van der Waals surface area contributed by atoms with Crippen LogP contribution in [0.3, 0.4) is 0 Å². The van der Waals surface area contributed by atoms with Gasteiger partial charge in [0.1, 0.15) is 10.6 Å². The average molecular weight is 425 g/mol. The van der Waals surface area contributed by atoms with Crippen LogP contribution in [0.5, 0.6) is 5.75 Å². The Hall–Kier alpha value is -2.13. The quantitative estimate of drug-likeness (QED) is 0.735. The summed E-state index contributed by atoms with van der Waals surface area (Å²) in [6.45, 7) is 4.01. The predicted molar refractivity (Wildman–Crippen MR) is 106 cm³/mol. The number of amides is 1. The van der Waals surface area contributed by atoms with Crippen molar-refractivity contribution in [3.8, 4) is 5.75 Å². The van der Waals surface area contributed by atoms with Gasteiger partial charge in [0.15, 0.2) is 0 Å². The van der Waals surface area contributed by atoms with Crippen LogP contribution in [0.1, 0.15) is 24.2 Å². The number of nitrogens with zero attached hydrogens (tertiary/aromatic N) is 1. The average Bonchev–Trinajstić information content (AvgIpc) is 2.63. The van der Waals surface area contributed by atoms with Crippen molar-refractivity contribution in [2.45, 2.75) is 31.0 Å². The van der Waals surface area contributed by atoms with Gasteiger partial charge >= 0.3 is 0 Å². The van der Waals surface area contributed by atoms with E-state index >= 15 is 0 Å². The molecule has 0 saturated carbocycles. The molecule has 2 unspecified atom stereocenters. The molecule has 150 valence electrons. The highest BCUT2D eigenvalue weighted by atomic mass is 35.5. The monoisotopic (exact) mass is 424 g/mol. The van der Waals surface area contributed by atoms with Crippen LogP contribution >= 0.6 is 11.6 Å². The third-order valence-electron chi connectivity index (χ3n) is 4.35. The summed E-state index contributed by atoms with van der Waals surface area (Å²) in [5, 5.41) is 12.4. The second-order valence-electron chi connectivity index (χ2n) is 6.70. The minimum Gasteiger partial charge on any atom is -0.506 e. The van der Waals surface area contributed by atoms with Gasteiger partial charge in [-0.25, -0.2) is 8.42 Å². The third-order valence-corrected chi connectivity index (χ3v) is 6.66. The van der Waals surface area contributed by atoms with E-state index < -0.39 is 15.9 Å². The highest BCUT2D eigenvalue weighted by Crippen LogP contribution is 2.29. The summed E-state index contributed by atoms with van der Waals surface area (Å²) >= 11 is 6.15. The fourth-order valence-electron chi connectivity index (χ4n) is 3.08. The molecule has 28 heavy (non-hydrogen) atoms. The summed E-state index contributed by atoms with van der Waals surface area (Å²) in [5.41, 5.74) is 0.336. The number of hydrogen-bond donors (Lipinski definition) is 2. The normalized spacial score (nSPS) is 20.7. The zero-order chi connectivity index (χ0) is 20.5. The summed E-state index contributed by atoms with van der Waals surface area (Å²) in [4.78, 5) is 12.4. The molecular formula is C19H21ClN2O5S. The Bertz CT molecular complexity index is 986. The minimum absolute atomic E-state index is 0.0332. The molecular weight excluding hydrogens is 404 g/mol. The molecule has 2 aromatic rings. The molecule has 1 fully saturated rings. The number of phenolic OH excluding ortho intramolecular Hbond substituents is 1. The number of halogens is 1. The zero-order valence-corrected chi connectivity index (χ0v) is 17.0. The molecule has 1 amide bonds. The van der Waals surface area contributed by atoms with Crippen molar-refractivity contribution in [1.82, 2.24) is 4.31 Å². The lowest BCUT2D eigenvalue weighted by Crippen LogP contribution is -2.48. The molecule has 0 spiro atoms. The fourth-order valence-corrected chi connectivity index (χ4v) is 5.17. The Kier molecular flexibility index (Phi) is 5.95. The Morgan fingerprint density at radius 1 is 1.18 bits per heavy atom. The van der Waals surface area contributed by atoms with E-state index in [0.717, 1.165) is 0 Å². The van der Waals surface area contributed by atoms with Gasteiger partial charge in [0.2, 0.25) is 10.0 Å². The highest BCUT2D eigenvalue weighted by molar-refractivity contribution is 7.89. The number of morpholine rings is 1. The SMILES string of the molecule is CC1CN(S(=O)(=O)c2cc(C(=O)Nc3ccccc3O)ccc2Cl)CC(C)O1. The molecule has 0 bridgehead atoms. The lowest BCUT2D eigenvalue weighted by molar-refractivity contribution is -0.0440. The van der Waals surface area contributed by atoms with Crippen molar-refractivity contribution in [1.29, 1.82) is 0 Å². The number of carbonyl (C=O) groups is 1. The van der Waals surface area contributed by atoms with Crippen LogP contribution in [-0.2, 0) is 14.8 Å². The summed E-state index contributed by atoms with van der Waals surface area (Å²) in [7, 11) is -3.90. The number of aromatic hydroxyl groups is 1. The summed E-state index contributed by atoms with van der Waals surface area (Å²) in [5.74, 6) is -0.646. The molecule has 0 radical (unpaired) electrons. The molecule has 9 heteroatoms. The van der Waals surface area contributed by atoms with Gasteiger partial charge in [0, 0.05) is 18.7 Å². The number of hydrogen-bond acceptors (Lipinski definition) is 5. The molecule has 1 aliphatic rings. The molecule has 2 N–H and O–H groups in total. The van der Waals surface area contributed by atoms with Crippen molar-refractivity contribution in [2.24, 2.45) is 0 Å². The Balaban J connectivity index is 1.91. The smallest absolute Gasteiger partial charge is 0.255 e. The lowest BCUT2D eigenvalue weighted by atomic mass is 10.2. The topological polar surface area (TPSA) is 95.9 Å². The van der Waals surface area contributed by atoms with Crippen LogP contribution in [0.15, 0.2) is 47.4 Å². The van der Waals surface area contributed by atoms with E-state index in [1.54, 1.807) is 26.0 Å². The van der Waals surface area contributed by atoms with E-state index in [1.165, 1.54) is 34.6 Å². The number of anilines is 1. The van der Waals surface area contributed by atoms with Crippen LogP contribution in [0.25, 0.3) is 0 Å². The second kappa shape index (κ2) is 8.08. The van der Waals surface area contributed by atoms with Gasteiger partial charge in [-0.1, -0.05) is 23.7 Å². The van der Waals surface area contributed by atoms with E-state index in [1.807, 2.05) is 0 Å². The van der Waals surface area contributed by atoms with E-state index in [9.17, 15) is 18.3 Å². The number of ether oxygens (including phenoxy) is 1. The second-order valence-corrected chi connectivity index (χ2v) is 9.01. The fraction of sp³-hybridized carbons (Fsp3) is 0.316. The molecule has 0 aromatic heterocycles. The summed E-state index contributed by atoms with van der Waals surface area (Å²) < 4.78 is 33.1. The number of benzene rings is 2. The minimum atomic E-state index is -3.90. The van der Waals surface area contributed by atoms with E-state index in [2.05, 4.69) is 5.32 Å². The zero-order valence-electron chi connectivity index (χ0n) is 15.4. The molecule has 1 saturated heterocycles. The van der Waals surface area contributed by atoms with Gasteiger partial charge in [-0.15, -0.1) is 0 Å². The first kappa shape index (κ1) is 20.6. The van der Waals surface area contributed by atoms with Crippen LogP contribution < -0.4 is 5.32 Å². The molecule has 7 nitrogen and oxygen atoms in total. The first-order valence-electron chi connectivity index (χ1n) is 8.73. The number of rotatable bonds is 4. The number of phenols is 1. The maximum atomic E-state index is 13.1. The molecule has 1 heterocycles. The van der Waals surface area contributed by atoms with Crippen LogP contribution in [0.4, 0.5) is 5.69 Å². The van der Waals surface area contributed by atoms with Crippen molar-refractivity contribution >= 4 is 33.2 Å². The van der Waals surface area contributed by atoms with Crippen LogP contribution in [0.2, 0.25) is 5.02 Å². The third kappa shape index (κ3) is 4.30. The first-order chi connectivity index (χ1) is 13.2. The predicted octanol–water partition coefficient (Wildman–Crippen LogP) is 3.10. The van der Waals surface area contributed by atoms with Crippen molar-refractivity contribution in [2.75, 3.05) is 18.4 Å². The van der Waals surface area contributed by atoms with E-state index in [4.69, 9.17) is 16.3 Å². The number of para-hydroxylation sites is 2. The molecule has 2 atom stereocenters. The Morgan fingerprint density at radius 2 is 1.82 bits per heavy atom. The number of carbonyl (C=O) groups excluding carboxylic acids is 1. The van der Waals surface area contributed by atoms with Crippen LogP contribution in [-0.4, -0.2) is 49.0 Å². The first-order valence-corrected chi connectivity index (χ1v) is 10.5. The van der Waals surface area contributed by atoms with Gasteiger partial charge < -0.3 is 15.2 Å². The van der Waals surface area contributed by atoms with E-state index in [-0.39, 0.29) is 52.2 Å². The standard InChI is InChI=1S/C19H21ClN2O5S/c1-12-10-22(11-13(2)27-12)28(25,26)18-9-14(7-8-15(18)20)19(24)21-16-5-3-4-6-17(16)23/h3-9,12-13,23H,10-11H2,1-2H3,(H,21,24).